The van der Waals surface area contributed by atoms with E-state index in [0.29, 0.717) is 42.4 Å². The summed E-state index contributed by atoms with van der Waals surface area (Å²) in [6.07, 6.45) is -2.38. The molecule has 2 aromatic rings. The molecule has 0 spiro atoms. The van der Waals surface area contributed by atoms with Crippen LogP contribution in [0.5, 0.6) is 0 Å². The second-order valence-corrected chi connectivity index (χ2v) is 8.96. The zero-order chi connectivity index (χ0) is 23.8. The van der Waals surface area contributed by atoms with E-state index in [1.165, 1.54) is 13.0 Å². The van der Waals surface area contributed by atoms with Crippen molar-refractivity contribution in [2.75, 3.05) is 18.5 Å². The molecule has 1 aliphatic heterocycles. The van der Waals surface area contributed by atoms with E-state index in [0.717, 1.165) is 30.3 Å². The molecule has 0 amide bonds. The van der Waals surface area contributed by atoms with Crippen LogP contribution in [0.2, 0.25) is 0 Å². The minimum atomic E-state index is -4.40. The number of anilines is 1. The monoisotopic (exact) mass is 462 g/mol. The molecule has 33 heavy (non-hydrogen) atoms. The first-order chi connectivity index (χ1) is 15.6. The van der Waals surface area contributed by atoms with E-state index in [9.17, 15) is 13.2 Å². The van der Waals surface area contributed by atoms with Crippen LogP contribution >= 0.6 is 0 Å². The molecule has 2 N–H and O–H groups in total. The van der Waals surface area contributed by atoms with Gasteiger partial charge in [-0.1, -0.05) is 18.7 Å². The number of halogens is 3. The number of hydrogen-bond acceptors (Lipinski definition) is 6. The Labute approximate surface area is 191 Å². The number of alkyl halides is 3. The van der Waals surface area contributed by atoms with Gasteiger partial charge < -0.3 is 20.1 Å². The smallest absolute Gasteiger partial charge is 0.383 e. The zero-order valence-corrected chi connectivity index (χ0v) is 19.1. The maximum Gasteiger partial charge on any atom is 0.416 e. The van der Waals surface area contributed by atoms with Gasteiger partial charge in [0, 0.05) is 24.2 Å². The number of ether oxygens (including phenoxy) is 2. The Morgan fingerprint density at radius 2 is 1.88 bits per heavy atom. The number of nitrogens with one attached hydrogen (secondary N) is 2. The Balaban J connectivity index is 1.62. The van der Waals surface area contributed by atoms with Crippen molar-refractivity contribution in [3.63, 3.8) is 0 Å². The average molecular weight is 463 g/mol. The third kappa shape index (κ3) is 5.47. The molecule has 1 aliphatic carbocycles. The minimum Gasteiger partial charge on any atom is -0.383 e. The lowest BCUT2D eigenvalue weighted by Gasteiger charge is -2.22. The molecule has 2 aliphatic rings. The normalized spacial score (nSPS) is 17.8. The van der Waals surface area contributed by atoms with Crippen LogP contribution in [-0.4, -0.2) is 28.7 Å². The highest BCUT2D eigenvalue weighted by Crippen LogP contribution is 2.37. The van der Waals surface area contributed by atoms with Crippen molar-refractivity contribution in [2.24, 2.45) is 0 Å². The van der Waals surface area contributed by atoms with Crippen molar-refractivity contribution in [1.82, 2.24) is 15.3 Å². The first-order valence-corrected chi connectivity index (χ1v) is 11.0. The molecular formula is C24H29F3N4O2. The number of benzene rings is 1. The topological polar surface area (TPSA) is 68.3 Å². The summed E-state index contributed by atoms with van der Waals surface area (Å²) < 4.78 is 51.5. The van der Waals surface area contributed by atoms with E-state index >= 15 is 0 Å². The minimum absolute atomic E-state index is 0.0851. The van der Waals surface area contributed by atoms with Crippen LogP contribution in [0.4, 0.5) is 19.0 Å². The second-order valence-electron chi connectivity index (χ2n) is 8.96. The molecule has 0 unspecified atom stereocenters. The van der Waals surface area contributed by atoms with Gasteiger partial charge in [-0.05, 0) is 50.8 Å². The van der Waals surface area contributed by atoms with Gasteiger partial charge in [0.05, 0.1) is 30.0 Å². The van der Waals surface area contributed by atoms with Crippen LogP contribution in [-0.2, 0) is 28.6 Å². The lowest BCUT2D eigenvalue weighted by molar-refractivity contribution is -0.138. The Morgan fingerprint density at radius 3 is 2.52 bits per heavy atom. The van der Waals surface area contributed by atoms with E-state index in [-0.39, 0.29) is 17.6 Å². The maximum atomic E-state index is 13.3. The highest BCUT2D eigenvalue weighted by atomic mass is 19.4. The molecule has 2 heterocycles. The summed E-state index contributed by atoms with van der Waals surface area (Å²) in [4.78, 5) is 9.16. The Hall–Kier alpha value is -2.65. The number of nitrogens with zero attached hydrogens (tertiary/aromatic N) is 2. The molecule has 9 heteroatoms. The number of allylic oxidation sites excluding steroid dienone is 1. The molecule has 2 fully saturated rings. The molecule has 0 bridgehead atoms. The molecule has 0 radical (unpaired) electrons. The van der Waals surface area contributed by atoms with Gasteiger partial charge in [0.1, 0.15) is 11.6 Å². The van der Waals surface area contributed by atoms with Crippen LogP contribution in [0.25, 0.3) is 0 Å². The van der Waals surface area contributed by atoms with E-state index in [2.05, 4.69) is 34.1 Å². The van der Waals surface area contributed by atoms with Gasteiger partial charge in [-0.2, -0.15) is 13.2 Å². The van der Waals surface area contributed by atoms with Gasteiger partial charge in [0.15, 0.2) is 6.29 Å². The Morgan fingerprint density at radius 1 is 1.18 bits per heavy atom. The highest BCUT2D eigenvalue weighted by molar-refractivity contribution is 5.50. The second kappa shape index (κ2) is 8.95. The average Bonchev–Trinajstić information content (AvgIpc) is 3.21. The summed E-state index contributed by atoms with van der Waals surface area (Å²) in [5.74, 6) is 1.03. The predicted octanol–water partition coefficient (Wildman–Crippen LogP) is 4.97. The van der Waals surface area contributed by atoms with Gasteiger partial charge in [-0.25, -0.2) is 9.97 Å². The SMILES string of the molecule is C=C(Cc1nc(C)nc(NCc2cccc(C(F)(F)F)c2C)c1C1OCCO1)NC1(C)CC1. The molecule has 1 saturated carbocycles. The summed E-state index contributed by atoms with van der Waals surface area (Å²) in [5.41, 5.74) is 2.39. The van der Waals surface area contributed by atoms with E-state index in [1.54, 1.807) is 13.0 Å². The van der Waals surface area contributed by atoms with Crippen molar-refractivity contribution >= 4 is 5.82 Å². The van der Waals surface area contributed by atoms with Crippen molar-refractivity contribution in [1.29, 1.82) is 0 Å². The lowest BCUT2D eigenvalue weighted by Crippen LogP contribution is -2.28. The van der Waals surface area contributed by atoms with Gasteiger partial charge in [-0.3, -0.25) is 0 Å². The quantitative estimate of drug-likeness (QED) is 0.578. The number of aromatic nitrogens is 2. The highest BCUT2D eigenvalue weighted by Gasteiger charge is 2.37. The maximum absolute atomic E-state index is 13.3. The van der Waals surface area contributed by atoms with Crippen LogP contribution in [0.15, 0.2) is 30.5 Å². The van der Waals surface area contributed by atoms with Gasteiger partial charge in [0.2, 0.25) is 0 Å². The van der Waals surface area contributed by atoms with Crippen molar-refractivity contribution in [3.05, 3.63) is 64.2 Å². The molecule has 6 nitrogen and oxygen atoms in total. The summed E-state index contributed by atoms with van der Waals surface area (Å²) in [6.45, 7) is 10.6. The first-order valence-electron chi connectivity index (χ1n) is 11.0. The van der Waals surface area contributed by atoms with E-state index < -0.39 is 18.0 Å². The van der Waals surface area contributed by atoms with Gasteiger partial charge >= 0.3 is 6.18 Å². The number of rotatable bonds is 8. The fraction of sp³-hybridized carbons (Fsp3) is 0.500. The summed E-state index contributed by atoms with van der Waals surface area (Å²) >= 11 is 0. The molecule has 1 aromatic heterocycles. The van der Waals surface area contributed by atoms with Gasteiger partial charge in [-0.15, -0.1) is 0 Å². The molecule has 1 aromatic carbocycles. The molecular weight excluding hydrogens is 433 g/mol. The van der Waals surface area contributed by atoms with Crippen LogP contribution in [0.3, 0.4) is 0 Å². The summed E-state index contributed by atoms with van der Waals surface area (Å²) in [6, 6.07) is 4.19. The molecule has 4 rings (SSSR count). The summed E-state index contributed by atoms with van der Waals surface area (Å²) in [5, 5.41) is 6.67. The first kappa shape index (κ1) is 23.5. The lowest BCUT2D eigenvalue weighted by atomic mass is 10.0. The molecule has 1 saturated heterocycles. The van der Waals surface area contributed by atoms with Crippen molar-refractivity contribution in [2.45, 2.75) is 64.6 Å². The van der Waals surface area contributed by atoms with Crippen molar-refractivity contribution in [3.8, 4) is 0 Å². The van der Waals surface area contributed by atoms with E-state index in [4.69, 9.17) is 9.47 Å². The fourth-order valence-electron chi connectivity index (χ4n) is 4.03. The zero-order valence-electron chi connectivity index (χ0n) is 19.1. The number of hydrogen-bond donors (Lipinski definition) is 2. The predicted molar refractivity (Wildman–Crippen MR) is 119 cm³/mol. The van der Waals surface area contributed by atoms with Gasteiger partial charge in [0.25, 0.3) is 0 Å². The third-order valence-electron chi connectivity index (χ3n) is 6.05. The standard InChI is InChI=1S/C24H29F3N4O2/c1-14(31-23(4)8-9-23)12-19-20(22-32-10-11-33-22)21(30-16(3)29-19)28-13-17-6-5-7-18(15(17)2)24(25,26)27/h5-7,22,31H,1,8-13H2,2-4H3,(H,28,29,30). The van der Waals surface area contributed by atoms with E-state index in [1.807, 2.05) is 0 Å². The Bertz CT molecular complexity index is 1040. The van der Waals surface area contributed by atoms with Crippen LogP contribution in [0, 0.1) is 13.8 Å². The molecule has 178 valence electrons. The summed E-state index contributed by atoms with van der Waals surface area (Å²) in [7, 11) is 0. The third-order valence-corrected chi connectivity index (χ3v) is 6.05. The number of aryl methyl sites for hydroxylation is 1. The fourth-order valence-corrected chi connectivity index (χ4v) is 4.03. The largest absolute Gasteiger partial charge is 0.416 e. The van der Waals surface area contributed by atoms with Crippen LogP contribution < -0.4 is 10.6 Å². The molecule has 0 atom stereocenters. The Kier molecular flexibility index (Phi) is 6.37. The van der Waals surface area contributed by atoms with Crippen molar-refractivity contribution < 1.29 is 22.6 Å². The van der Waals surface area contributed by atoms with Crippen LogP contribution in [0.1, 0.15) is 59.8 Å².